The maximum Gasteiger partial charge on any atom is 0.490 e. The molecule has 2 aromatic carbocycles. The van der Waals surface area contributed by atoms with Gasteiger partial charge in [-0.1, -0.05) is 33.3 Å². The van der Waals surface area contributed by atoms with Crippen LogP contribution in [0.25, 0.3) is 22.2 Å². The number of nitrogens with one attached hydrogen (secondary N) is 1. The van der Waals surface area contributed by atoms with Crippen molar-refractivity contribution >= 4 is 22.8 Å². The second kappa shape index (κ2) is 18.7. The number of carboxylic acids is 2. The molecule has 5 rings (SSSR count). The van der Waals surface area contributed by atoms with Crippen molar-refractivity contribution in [2.45, 2.75) is 83.6 Å². The van der Waals surface area contributed by atoms with Gasteiger partial charge in [0.15, 0.2) is 11.5 Å². The van der Waals surface area contributed by atoms with Crippen molar-refractivity contribution in [2.75, 3.05) is 46.9 Å². The first-order valence-electron chi connectivity index (χ1n) is 17.3. The van der Waals surface area contributed by atoms with Crippen molar-refractivity contribution in [1.29, 1.82) is 0 Å². The lowest BCUT2D eigenvalue weighted by Crippen LogP contribution is -2.48. The van der Waals surface area contributed by atoms with Crippen LogP contribution >= 0.6 is 0 Å². The Kier molecular flexibility index (Phi) is 15.2. The third kappa shape index (κ3) is 11.8. The van der Waals surface area contributed by atoms with Crippen LogP contribution in [0.1, 0.15) is 69.9 Å². The molecule has 0 amide bonds. The van der Waals surface area contributed by atoms with Crippen LogP contribution in [0.2, 0.25) is 0 Å². The quantitative estimate of drug-likeness (QED) is 0.187. The van der Waals surface area contributed by atoms with Crippen LogP contribution < -0.4 is 9.47 Å². The van der Waals surface area contributed by atoms with E-state index in [-0.39, 0.29) is 0 Å². The van der Waals surface area contributed by atoms with Crippen molar-refractivity contribution < 1.29 is 55.6 Å². The van der Waals surface area contributed by atoms with Crippen LogP contribution in [0.3, 0.4) is 0 Å². The number of aryl methyl sites for hydroxylation is 1. The molecule has 3 N–H and O–H groups in total. The molecule has 290 valence electrons. The number of benzene rings is 2. The second-order valence-electron chi connectivity index (χ2n) is 13.4. The maximum absolute atomic E-state index is 10.6. The number of ether oxygens (including phenoxy) is 2. The van der Waals surface area contributed by atoms with Crippen LogP contribution in [-0.4, -0.2) is 102 Å². The SMILES string of the molecule is CCCc1c(-c2ccc(OC)c(OC)c2)[nH]c2ccc(C3CCN(C4CCN(CC(C)C)CC4)CC3)cc12.O=C(O)C(F)(F)F.O=C(O)C(F)(F)F. The Morgan fingerprint density at radius 1 is 0.846 bits per heavy atom. The molecule has 3 heterocycles. The highest BCUT2D eigenvalue weighted by molar-refractivity contribution is 5.91. The number of H-pyrrole nitrogens is 1. The molecule has 2 aliphatic heterocycles. The fourth-order valence-corrected chi connectivity index (χ4v) is 6.85. The molecule has 1 aromatic heterocycles. The molecule has 2 saturated heterocycles. The van der Waals surface area contributed by atoms with Crippen LogP contribution in [-0.2, 0) is 16.0 Å². The van der Waals surface area contributed by atoms with Crippen LogP contribution in [0.5, 0.6) is 11.5 Å². The number of fused-ring (bicyclic) bond motifs is 1. The number of hydrogen-bond donors (Lipinski definition) is 3. The summed E-state index contributed by atoms with van der Waals surface area (Å²) in [7, 11) is 3.39. The molecule has 52 heavy (non-hydrogen) atoms. The lowest BCUT2D eigenvalue weighted by molar-refractivity contribution is -0.193. The number of hydrogen-bond acceptors (Lipinski definition) is 6. The number of aromatic nitrogens is 1. The van der Waals surface area contributed by atoms with E-state index in [0.717, 1.165) is 41.9 Å². The summed E-state index contributed by atoms with van der Waals surface area (Å²) in [5.74, 6) is -2.55. The maximum atomic E-state index is 10.6. The lowest BCUT2D eigenvalue weighted by Gasteiger charge is -2.42. The highest BCUT2D eigenvalue weighted by Gasteiger charge is 2.39. The van der Waals surface area contributed by atoms with Gasteiger partial charge in [0.05, 0.1) is 14.2 Å². The lowest BCUT2D eigenvalue weighted by atomic mass is 9.87. The Morgan fingerprint density at radius 3 is 1.88 bits per heavy atom. The van der Waals surface area contributed by atoms with Gasteiger partial charge in [-0.3, -0.25) is 0 Å². The number of aromatic amines is 1. The summed E-state index contributed by atoms with van der Waals surface area (Å²) in [5.41, 5.74) is 6.52. The molecule has 15 heteroatoms. The zero-order valence-corrected chi connectivity index (χ0v) is 30.2. The summed E-state index contributed by atoms with van der Waals surface area (Å²) < 4.78 is 74.5. The number of carboxylic acid groups (broad SMARTS) is 2. The van der Waals surface area contributed by atoms with E-state index in [1.807, 2.05) is 6.07 Å². The van der Waals surface area contributed by atoms with E-state index >= 15 is 0 Å². The average molecular weight is 746 g/mol. The largest absolute Gasteiger partial charge is 0.493 e. The highest BCUT2D eigenvalue weighted by Crippen LogP contribution is 2.39. The molecular formula is C37H49F6N3O6. The first-order chi connectivity index (χ1) is 24.4. The third-order valence-corrected chi connectivity index (χ3v) is 9.29. The Balaban J connectivity index is 0.000000441. The van der Waals surface area contributed by atoms with E-state index < -0.39 is 24.3 Å². The topological polar surface area (TPSA) is 115 Å². The number of nitrogens with zero attached hydrogens (tertiary/aromatic N) is 2. The molecule has 2 aliphatic rings. The summed E-state index contributed by atoms with van der Waals surface area (Å²) in [6.07, 6.45) is -2.77. The molecule has 9 nitrogen and oxygen atoms in total. The number of likely N-dealkylation sites (tertiary alicyclic amines) is 2. The second-order valence-corrected chi connectivity index (χ2v) is 13.4. The van der Waals surface area contributed by atoms with Gasteiger partial charge in [-0.2, -0.15) is 26.3 Å². The number of carbonyl (C=O) groups is 2. The predicted molar refractivity (Wildman–Crippen MR) is 186 cm³/mol. The fraction of sp³-hybridized carbons (Fsp3) is 0.568. The molecule has 0 aliphatic carbocycles. The molecule has 0 radical (unpaired) electrons. The summed E-state index contributed by atoms with van der Waals surface area (Å²) in [4.78, 5) is 27.0. The molecule has 0 bridgehead atoms. The molecule has 0 spiro atoms. The molecule has 0 unspecified atom stereocenters. The van der Waals surface area contributed by atoms with Gasteiger partial charge in [0.25, 0.3) is 0 Å². The van der Waals surface area contributed by atoms with Gasteiger partial charge in [-0.15, -0.1) is 0 Å². The fourth-order valence-electron chi connectivity index (χ4n) is 6.85. The van der Waals surface area contributed by atoms with Crippen LogP contribution in [0, 0.1) is 5.92 Å². The van der Waals surface area contributed by atoms with Gasteiger partial charge in [0.1, 0.15) is 0 Å². The molecule has 3 aromatic rings. The van der Waals surface area contributed by atoms with Crippen LogP contribution in [0.15, 0.2) is 36.4 Å². The van der Waals surface area contributed by atoms with E-state index in [2.05, 4.69) is 65.9 Å². The standard InChI is InChI=1S/C33H47N3O2.2C2HF3O2/c1-6-7-28-29-20-25(8-10-30(29)34-33(28)26-9-11-31(37-4)32(21-26)38-5)24-12-18-36(19-13-24)27-14-16-35(17-15-27)22-23(2)3;2*3-2(4,5)1(6)7/h8-11,20-21,23-24,27,34H,6-7,12-19,22H2,1-5H3;2*(H,6,7). The number of alkyl halides is 6. The average Bonchev–Trinajstić information content (AvgIpc) is 3.45. The number of piperidine rings is 2. The Hall–Kier alpha value is -3.98. The Morgan fingerprint density at radius 2 is 1.40 bits per heavy atom. The van der Waals surface area contributed by atoms with Crippen molar-refractivity contribution in [3.8, 4) is 22.8 Å². The van der Waals surface area contributed by atoms with Crippen molar-refractivity contribution in [3.63, 3.8) is 0 Å². The molecular weight excluding hydrogens is 696 g/mol. The van der Waals surface area contributed by atoms with E-state index in [4.69, 9.17) is 29.3 Å². The Labute approximate surface area is 299 Å². The van der Waals surface area contributed by atoms with Crippen molar-refractivity contribution in [1.82, 2.24) is 14.8 Å². The predicted octanol–water partition coefficient (Wildman–Crippen LogP) is 8.37. The number of halogens is 6. The highest BCUT2D eigenvalue weighted by atomic mass is 19.4. The van der Waals surface area contributed by atoms with Crippen LogP contribution in [0.4, 0.5) is 26.3 Å². The summed E-state index contributed by atoms with van der Waals surface area (Å²) >= 11 is 0. The third-order valence-electron chi connectivity index (χ3n) is 9.29. The molecule has 0 saturated carbocycles. The number of methoxy groups -OCH3 is 2. The smallest absolute Gasteiger partial charge is 0.490 e. The first kappa shape index (κ1) is 42.4. The summed E-state index contributed by atoms with van der Waals surface area (Å²) in [6.45, 7) is 13.2. The molecule has 0 atom stereocenters. The van der Waals surface area contributed by atoms with E-state index in [9.17, 15) is 26.3 Å². The number of rotatable bonds is 9. The van der Waals surface area contributed by atoms with E-state index in [1.165, 1.54) is 86.1 Å². The molecule has 2 fully saturated rings. The summed E-state index contributed by atoms with van der Waals surface area (Å²) in [5, 5.41) is 15.6. The zero-order chi connectivity index (χ0) is 38.8. The zero-order valence-electron chi connectivity index (χ0n) is 30.2. The van der Waals surface area contributed by atoms with Gasteiger partial charge in [0.2, 0.25) is 0 Å². The van der Waals surface area contributed by atoms with E-state index in [1.54, 1.807) is 14.2 Å². The normalized spacial score (nSPS) is 16.5. The van der Waals surface area contributed by atoms with Gasteiger partial charge in [-0.25, -0.2) is 9.59 Å². The first-order valence-corrected chi connectivity index (χ1v) is 17.3. The van der Waals surface area contributed by atoms with Gasteiger partial charge < -0.3 is 34.5 Å². The Bertz CT molecular complexity index is 1580. The van der Waals surface area contributed by atoms with Crippen molar-refractivity contribution in [2.24, 2.45) is 5.92 Å². The van der Waals surface area contributed by atoms with Crippen molar-refractivity contribution in [3.05, 3.63) is 47.5 Å². The minimum Gasteiger partial charge on any atom is -0.493 e. The minimum absolute atomic E-state index is 0.658. The van der Waals surface area contributed by atoms with Gasteiger partial charge in [0, 0.05) is 34.7 Å². The van der Waals surface area contributed by atoms with E-state index in [0.29, 0.717) is 5.92 Å². The minimum atomic E-state index is -5.08. The summed E-state index contributed by atoms with van der Waals surface area (Å²) in [6, 6.07) is 14.2. The van der Waals surface area contributed by atoms with Gasteiger partial charge in [-0.05, 0) is 112 Å². The van der Waals surface area contributed by atoms with Gasteiger partial charge >= 0.3 is 24.3 Å². The number of aliphatic carboxylic acids is 2. The monoisotopic (exact) mass is 745 g/mol.